The molecule has 0 aromatic heterocycles. The van der Waals surface area contributed by atoms with Crippen LogP contribution in [0.5, 0.6) is 0 Å². The molecule has 11 heteroatoms. The molecule has 0 saturated heterocycles. The molecule has 0 atom stereocenters. The lowest BCUT2D eigenvalue weighted by molar-refractivity contribution is -0.143. The molecule has 0 spiro atoms. The highest BCUT2D eigenvalue weighted by molar-refractivity contribution is 8.21. The van der Waals surface area contributed by atoms with Crippen LogP contribution < -0.4 is 21.0 Å². The first-order valence-corrected chi connectivity index (χ1v) is 12.2. The number of thiocarbonyl (C=S) groups is 1. The van der Waals surface area contributed by atoms with E-state index in [1.807, 2.05) is 0 Å². The molecule has 168 valence electrons. The van der Waals surface area contributed by atoms with Gasteiger partial charge in [-0.3, -0.25) is 0 Å². The van der Waals surface area contributed by atoms with E-state index in [-0.39, 0.29) is 11.2 Å². The molecule has 3 aromatic rings. The largest absolute Gasteiger partial charge is 0.416 e. The summed E-state index contributed by atoms with van der Waals surface area (Å²) in [4.78, 5) is 0. The smallest absolute Gasteiger partial charge is 0.333 e. The van der Waals surface area contributed by atoms with Crippen molar-refractivity contribution in [1.82, 2.24) is 5.09 Å². The van der Waals surface area contributed by atoms with Crippen molar-refractivity contribution in [2.75, 3.05) is 5.32 Å². The minimum atomic E-state index is -4.96. The Morgan fingerprint density at radius 1 is 0.688 bits per heavy atom. The maximum atomic E-state index is 13.1. The Morgan fingerprint density at radius 2 is 1.09 bits per heavy atom. The first-order valence-electron chi connectivity index (χ1n) is 8.99. The fourth-order valence-corrected chi connectivity index (χ4v) is 6.67. The van der Waals surface area contributed by atoms with Gasteiger partial charge in [0.25, 0.3) is 0 Å². The van der Waals surface area contributed by atoms with E-state index in [1.165, 1.54) is 0 Å². The molecule has 2 nitrogen and oxygen atoms in total. The second kappa shape index (κ2) is 9.21. The topological polar surface area (TPSA) is 24.1 Å². The highest BCUT2D eigenvalue weighted by Gasteiger charge is 2.37. The molecule has 0 aliphatic carbocycles. The van der Waals surface area contributed by atoms with Gasteiger partial charge in [-0.15, -0.1) is 0 Å². The van der Waals surface area contributed by atoms with E-state index >= 15 is 0 Å². The summed E-state index contributed by atoms with van der Waals surface area (Å²) in [5.74, 6) is 0. The lowest BCUT2D eigenvalue weighted by atomic mass is 10.1. The summed E-state index contributed by atoms with van der Waals surface area (Å²) in [6.45, 7) is 0. The Hall–Kier alpha value is -2.42. The number of halogens is 6. The van der Waals surface area contributed by atoms with Crippen molar-refractivity contribution >= 4 is 51.6 Å². The van der Waals surface area contributed by atoms with Gasteiger partial charge in [0.1, 0.15) is 0 Å². The molecule has 0 unspecified atom stereocenters. The quantitative estimate of drug-likeness (QED) is 0.257. The number of benzene rings is 3. The molecule has 0 amide bonds. The predicted molar refractivity (Wildman–Crippen MR) is 122 cm³/mol. The van der Waals surface area contributed by atoms with E-state index in [1.54, 1.807) is 60.7 Å². The first kappa shape index (κ1) is 24.2. The van der Waals surface area contributed by atoms with Crippen LogP contribution in [0.2, 0.25) is 0 Å². The van der Waals surface area contributed by atoms with Crippen LogP contribution in [0.3, 0.4) is 0 Å². The molecular formula is C21H15F6N2PS2. The van der Waals surface area contributed by atoms with Crippen molar-refractivity contribution in [3.8, 4) is 0 Å². The Kier molecular flexibility index (Phi) is 6.97. The molecule has 0 bridgehead atoms. The minimum Gasteiger partial charge on any atom is -0.333 e. The molecule has 2 N–H and O–H groups in total. The van der Waals surface area contributed by atoms with Crippen LogP contribution in [0.15, 0.2) is 78.9 Å². The average Bonchev–Trinajstić information content (AvgIpc) is 2.73. The maximum absolute atomic E-state index is 13.1. The molecule has 3 rings (SSSR count). The van der Waals surface area contributed by atoms with Crippen LogP contribution in [-0.4, -0.2) is 5.11 Å². The zero-order valence-electron chi connectivity index (χ0n) is 16.0. The van der Waals surface area contributed by atoms with Crippen molar-refractivity contribution in [3.63, 3.8) is 0 Å². The van der Waals surface area contributed by atoms with E-state index in [9.17, 15) is 26.3 Å². The van der Waals surface area contributed by atoms with Gasteiger partial charge >= 0.3 is 12.4 Å². The van der Waals surface area contributed by atoms with Gasteiger partial charge in [0, 0.05) is 16.3 Å². The zero-order chi connectivity index (χ0) is 23.6. The van der Waals surface area contributed by atoms with Gasteiger partial charge < -0.3 is 10.4 Å². The third-order valence-electron chi connectivity index (χ3n) is 4.34. The Bertz CT molecular complexity index is 1070. The van der Waals surface area contributed by atoms with Gasteiger partial charge in [-0.1, -0.05) is 72.5 Å². The van der Waals surface area contributed by atoms with Crippen molar-refractivity contribution in [2.45, 2.75) is 12.4 Å². The van der Waals surface area contributed by atoms with Crippen LogP contribution in [0.4, 0.5) is 32.0 Å². The van der Waals surface area contributed by atoms with Crippen molar-refractivity contribution in [2.24, 2.45) is 0 Å². The second-order valence-corrected chi connectivity index (χ2v) is 11.2. The van der Waals surface area contributed by atoms with E-state index in [2.05, 4.69) is 10.4 Å². The molecule has 0 heterocycles. The second-order valence-electron chi connectivity index (χ2n) is 6.64. The SMILES string of the molecule is FC(F)(F)c1cc(NC(=S)NP(=S)(c2ccccc2)c2ccccc2)cc(C(F)(F)F)c1. The van der Waals surface area contributed by atoms with E-state index in [0.717, 1.165) is 10.6 Å². The number of hydrogen-bond acceptors (Lipinski definition) is 2. The maximum Gasteiger partial charge on any atom is 0.416 e. The monoisotopic (exact) mass is 504 g/mol. The highest BCUT2D eigenvalue weighted by Crippen LogP contribution is 2.40. The first-order chi connectivity index (χ1) is 14.9. The zero-order valence-corrected chi connectivity index (χ0v) is 18.6. The van der Waals surface area contributed by atoms with Crippen LogP contribution in [0, 0.1) is 0 Å². The summed E-state index contributed by atoms with van der Waals surface area (Å²) in [5.41, 5.74) is -3.33. The van der Waals surface area contributed by atoms with Gasteiger partial charge in [0.2, 0.25) is 0 Å². The minimum absolute atomic E-state index is 0.0555. The molecule has 0 radical (unpaired) electrons. The van der Waals surface area contributed by atoms with Crippen LogP contribution >= 0.6 is 18.4 Å². The highest BCUT2D eigenvalue weighted by atomic mass is 32.4. The van der Waals surface area contributed by atoms with Gasteiger partial charge in [-0.2, -0.15) is 26.3 Å². The van der Waals surface area contributed by atoms with E-state index in [0.29, 0.717) is 12.1 Å². The molecule has 3 aromatic carbocycles. The summed E-state index contributed by atoms with van der Waals surface area (Å²) < 4.78 is 78.8. The van der Waals surface area contributed by atoms with Gasteiger partial charge in [-0.25, -0.2) is 0 Å². The summed E-state index contributed by atoms with van der Waals surface area (Å²) in [6.07, 6.45) is -12.7. The van der Waals surface area contributed by atoms with Crippen molar-refractivity contribution in [1.29, 1.82) is 0 Å². The number of alkyl halides is 6. The van der Waals surface area contributed by atoms with Crippen LogP contribution in [-0.2, 0) is 24.2 Å². The normalized spacial score (nSPS) is 12.3. The Balaban J connectivity index is 1.96. The fraction of sp³-hybridized carbons (Fsp3) is 0.0952. The predicted octanol–water partition coefficient (Wildman–Crippen LogP) is 6.06. The number of rotatable bonds is 4. The molecule has 0 fully saturated rings. The summed E-state index contributed by atoms with van der Waals surface area (Å²) in [5, 5.41) is 6.69. The van der Waals surface area contributed by atoms with Crippen LogP contribution in [0.1, 0.15) is 11.1 Å². The van der Waals surface area contributed by atoms with Crippen molar-refractivity contribution in [3.05, 3.63) is 90.0 Å². The van der Waals surface area contributed by atoms with E-state index < -0.39 is 35.4 Å². The average molecular weight is 504 g/mol. The number of nitrogens with one attached hydrogen (secondary N) is 2. The van der Waals surface area contributed by atoms with Gasteiger partial charge in [-0.05, 0) is 30.4 Å². The summed E-state index contributed by atoms with van der Waals surface area (Å²) in [7, 11) is 0. The third-order valence-corrected chi connectivity index (χ3v) is 8.83. The summed E-state index contributed by atoms with van der Waals surface area (Å²) in [6, 6.07) is 19.0. The standard InChI is InChI=1S/C21H15F6N2PS2/c22-20(23,24)14-11-15(21(25,26)27)13-16(12-14)28-19(31)29-30(32,17-7-3-1-4-8-17)18-9-5-2-6-10-18/h1-13H,(H2,28,29,31,32). The Morgan fingerprint density at radius 3 is 1.47 bits per heavy atom. The lowest BCUT2D eigenvalue weighted by Crippen LogP contribution is -2.34. The lowest BCUT2D eigenvalue weighted by Gasteiger charge is -2.26. The van der Waals surface area contributed by atoms with Gasteiger partial charge in [0.05, 0.1) is 17.3 Å². The molecular weight excluding hydrogens is 489 g/mol. The summed E-state index contributed by atoms with van der Waals surface area (Å²) >= 11 is 11.1. The molecule has 0 aliphatic rings. The third kappa shape index (κ3) is 5.68. The number of anilines is 1. The van der Waals surface area contributed by atoms with Crippen molar-refractivity contribution < 1.29 is 26.3 Å². The number of hydrogen-bond donors (Lipinski definition) is 2. The van der Waals surface area contributed by atoms with Crippen LogP contribution in [0.25, 0.3) is 0 Å². The van der Waals surface area contributed by atoms with Gasteiger partial charge in [0.15, 0.2) is 5.11 Å². The Labute approximate surface area is 190 Å². The molecule has 0 saturated carbocycles. The fourth-order valence-electron chi connectivity index (χ4n) is 2.88. The van der Waals surface area contributed by atoms with E-state index in [4.69, 9.17) is 24.0 Å². The molecule has 0 aliphatic heterocycles. The molecule has 32 heavy (non-hydrogen) atoms.